The fraction of sp³-hybridized carbons (Fsp3) is 0.500. The summed E-state index contributed by atoms with van der Waals surface area (Å²) in [5.74, 6) is 0.181. The number of hydrogen-bond donors (Lipinski definition) is 0. The Labute approximate surface area is 81.1 Å². The van der Waals surface area contributed by atoms with Crippen molar-refractivity contribution in [3.8, 4) is 5.75 Å². The van der Waals surface area contributed by atoms with Gasteiger partial charge in [0.25, 0.3) is 0 Å². The molecule has 1 aromatic rings. The zero-order chi connectivity index (χ0) is 9.84. The number of hydrogen-bond acceptors (Lipinski definition) is 3. The molecule has 1 rings (SSSR count). The van der Waals surface area contributed by atoms with E-state index in [0.29, 0.717) is 6.61 Å². The van der Waals surface area contributed by atoms with E-state index >= 15 is 0 Å². The van der Waals surface area contributed by atoms with Gasteiger partial charge in [0.05, 0.1) is 12.8 Å². The van der Waals surface area contributed by atoms with Crippen LogP contribution in [0.1, 0.15) is 13.3 Å². The van der Waals surface area contributed by atoms with Gasteiger partial charge in [-0.25, -0.2) is 4.68 Å². The van der Waals surface area contributed by atoms with Crippen LogP contribution in [-0.2, 0) is 7.05 Å². The van der Waals surface area contributed by atoms with Crippen molar-refractivity contribution < 1.29 is 4.74 Å². The summed E-state index contributed by atoms with van der Waals surface area (Å²) in [4.78, 5) is 11.4. The predicted molar refractivity (Wildman–Crippen MR) is 50.3 cm³/mol. The van der Waals surface area contributed by atoms with E-state index in [2.05, 4.69) is 5.10 Å². The number of rotatable bonds is 3. The minimum atomic E-state index is -0.305. The molecule has 0 bridgehead atoms. The molecule has 0 unspecified atom stereocenters. The first kappa shape index (κ1) is 10.1. The maximum Gasteiger partial charge on any atom is 0.310 e. The molecule has 1 heterocycles. The summed E-state index contributed by atoms with van der Waals surface area (Å²) >= 11 is 5.74. The molecule has 0 atom stereocenters. The van der Waals surface area contributed by atoms with E-state index in [1.165, 1.54) is 10.9 Å². The average Bonchev–Trinajstić information content (AvgIpc) is 2.12. The number of halogens is 1. The van der Waals surface area contributed by atoms with Crippen LogP contribution in [0.2, 0.25) is 5.02 Å². The lowest BCUT2D eigenvalue weighted by Gasteiger charge is -2.05. The van der Waals surface area contributed by atoms with Crippen LogP contribution in [0.5, 0.6) is 5.75 Å². The second kappa shape index (κ2) is 4.28. The Hall–Kier alpha value is -1.03. The van der Waals surface area contributed by atoms with Gasteiger partial charge in [0, 0.05) is 7.05 Å². The van der Waals surface area contributed by atoms with Crippen molar-refractivity contribution in [1.29, 1.82) is 0 Å². The monoisotopic (exact) mass is 202 g/mol. The van der Waals surface area contributed by atoms with Crippen molar-refractivity contribution in [3.05, 3.63) is 21.6 Å². The first-order valence-electron chi connectivity index (χ1n) is 4.01. The quantitative estimate of drug-likeness (QED) is 0.741. The van der Waals surface area contributed by atoms with Crippen molar-refractivity contribution in [2.24, 2.45) is 7.05 Å². The molecule has 0 aliphatic rings. The van der Waals surface area contributed by atoms with Crippen LogP contribution in [0, 0.1) is 0 Å². The fourth-order valence-electron chi connectivity index (χ4n) is 0.832. The minimum absolute atomic E-state index is 0.181. The largest absolute Gasteiger partial charge is 0.487 e. The maximum atomic E-state index is 11.4. The van der Waals surface area contributed by atoms with Gasteiger partial charge in [0.2, 0.25) is 5.75 Å². The van der Waals surface area contributed by atoms with E-state index in [4.69, 9.17) is 16.3 Å². The first-order chi connectivity index (χ1) is 6.16. The van der Waals surface area contributed by atoms with Crippen molar-refractivity contribution in [2.75, 3.05) is 6.61 Å². The van der Waals surface area contributed by atoms with Crippen LogP contribution in [0.3, 0.4) is 0 Å². The Balaban J connectivity index is 3.03. The van der Waals surface area contributed by atoms with Crippen molar-refractivity contribution in [2.45, 2.75) is 13.3 Å². The van der Waals surface area contributed by atoms with Crippen LogP contribution >= 0.6 is 11.6 Å². The molecule has 72 valence electrons. The van der Waals surface area contributed by atoms with Crippen molar-refractivity contribution in [3.63, 3.8) is 0 Å². The Kier molecular flexibility index (Phi) is 3.31. The highest BCUT2D eigenvalue weighted by Crippen LogP contribution is 2.17. The third-order valence-electron chi connectivity index (χ3n) is 1.50. The molecule has 0 N–H and O–H groups in total. The van der Waals surface area contributed by atoms with Gasteiger partial charge in [-0.05, 0) is 6.42 Å². The van der Waals surface area contributed by atoms with Crippen LogP contribution in [0.15, 0.2) is 11.0 Å². The van der Waals surface area contributed by atoms with Gasteiger partial charge in [-0.2, -0.15) is 5.10 Å². The van der Waals surface area contributed by atoms with Gasteiger partial charge in [-0.1, -0.05) is 18.5 Å². The summed E-state index contributed by atoms with van der Waals surface area (Å²) in [6.07, 6.45) is 2.23. The molecule has 0 saturated heterocycles. The topological polar surface area (TPSA) is 44.1 Å². The third-order valence-corrected chi connectivity index (χ3v) is 1.77. The Morgan fingerprint density at radius 2 is 2.38 bits per heavy atom. The van der Waals surface area contributed by atoms with Crippen molar-refractivity contribution in [1.82, 2.24) is 9.78 Å². The molecule has 0 aromatic carbocycles. The molecule has 0 saturated carbocycles. The number of aryl methyl sites for hydroxylation is 1. The molecule has 4 nitrogen and oxygen atoms in total. The lowest BCUT2D eigenvalue weighted by Crippen LogP contribution is -2.21. The zero-order valence-electron chi connectivity index (χ0n) is 7.58. The van der Waals surface area contributed by atoms with Crippen LogP contribution in [-0.4, -0.2) is 16.4 Å². The first-order valence-corrected chi connectivity index (χ1v) is 4.39. The molecule has 0 radical (unpaired) electrons. The van der Waals surface area contributed by atoms with Gasteiger partial charge in [-0.3, -0.25) is 4.79 Å². The second-order valence-corrected chi connectivity index (χ2v) is 3.01. The zero-order valence-corrected chi connectivity index (χ0v) is 8.34. The molecule has 13 heavy (non-hydrogen) atoms. The number of nitrogens with zero attached hydrogens (tertiary/aromatic N) is 2. The summed E-state index contributed by atoms with van der Waals surface area (Å²) < 4.78 is 6.38. The SMILES string of the molecule is CCCOc1c(Cl)cnn(C)c1=O. The highest BCUT2D eigenvalue weighted by atomic mass is 35.5. The Morgan fingerprint density at radius 1 is 1.69 bits per heavy atom. The van der Waals surface area contributed by atoms with Gasteiger partial charge in [-0.15, -0.1) is 0 Å². The molecule has 0 aliphatic carbocycles. The van der Waals surface area contributed by atoms with E-state index in [1.807, 2.05) is 6.92 Å². The third kappa shape index (κ3) is 2.21. The molecule has 1 aromatic heterocycles. The van der Waals surface area contributed by atoms with Gasteiger partial charge in [0.1, 0.15) is 5.02 Å². The van der Waals surface area contributed by atoms with Crippen molar-refractivity contribution >= 4 is 11.6 Å². The number of aromatic nitrogens is 2. The molecule has 0 spiro atoms. The van der Waals surface area contributed by atoms with Gasteiger partial charge < -0.3 is 4.74 Å². The summed E-state index contributed by atoms with van der Waals surface area (Å²) in [6, 6.07) is 0. The minimum Gasteiger partial charge on any atom is -0.487 e. The van der Waals surface area contributed by atoms with E-state index in [9.17, 15) is 4.79 Å². The normalized spacial score (nSPS) is 10.1. The molecule has 0 amide bonds. The van der Waals surface area contributed by atoms with E-state index in [1.54, 1.807) is 7.05 Å². The maximum absolute atomic E-state index is 11.4. The highest BCUT2D eigenvalue weighted by Gasteiger charge is 2.08. The Morgan fingerprint density at radius 3 is 3.00 bits per heavy atom. The van der Waals surface area contributed by atoms with Crippen LogP contribution in [0.25, 0.3) is 0 Å². The van der Waals surface area contributed by atoms with Gasteiger partial charge >= 0.3 is 5.56 Å². The standard InChI is InChI=1S/C8H11ClN2O2/c1-3-4-13-7-6(9)5-10-11(2)8(7)12/h5H,3-4H2,1-2H3. The summed E-state index contributed by atoms with van der Waals surface area (Å²) in [5, 5.41) is 4.00. The van der Waals surface area contributed by atoms with E-state index < -0.39 is 0 Å². The van der Waals surface area contributed by atoms with E-state index in [0.717, 1.165) is 6.42 Å². The fourth-order valence-corrected chi connectivity index (χ4v) is 1.01. The van der Waals surface area contributed by atoms with E-state index in [-0.39, 0.29) is 16.3 Å². The Bertz CT molecular complexity index is 348. The van der Waals surface area contributed by atoms with Crippen LogP contribution in [0.4, 0.5) is 0 Å². The molecule has 0 fully saturated rings. The summed E-state index contributed by atoms with van der Waals surface area (Å²) in [6.45, 7) is 2.44. The smallest absolute Gasteiger partial charge is 0.310 e. The molecule has 5 heteroatoms. The average molecular weight is 203 g/mol. The molecular weight excluding hydrogens is 192 g/mol. The summed E-state index contributed by atoms with van der Waals surface area (Å²) in [5.41, 5.74) is -0.305. The molecular formula is C8H11ClN2O2. The summed E-state index contributed by atoms with van der Waals surface area (Å²) in [7, 11) is 1.55. The highest BCUT2D eigenvalue weighted by molar-refractivity contribution is 6.31. The number of ether oxygens (including phenoxy) is 1. The van der Waals surface area contributed by atoms with Gasteiger partial charge in [0.15, 0.2) is 0 Å². The lowest BCUT2D eigenvalue weighted by atomic mass is 10.5. The molecule has 0 aliphatic heterocycles. The lowest BCUT2D eigenvalue weighted by molar-refractivity contribution is 0.309. The second-order valence-electron chi connectivity index (χ2n) is 2.60. The van der Waals surface area contributed by atoms with Crippen LogP contribution < -0.4 is 10.3 Å². The predicted octanol–water partition coefficient (Wildman–Crippen LogP) is 1.22.